The molecular weight excluding hydrogens is 364 g/mol. The van der Waals surface area contributed by atoms with Gasteiger partial charge in [-0.3, -0.25) is 14.5 Å². The van der Waals surface area contributed by atoms with Crippen LogP contribution in [0.5, 0.6) is 5.75 Å². The van der Waals surface area contributed by atoms with Crippen molar-refractivity contribution in [3.63, 3.8) is 0 Å². The quantitative estimate of drug-likeness (QED) is 0.491. The molecule has 1 aromatic carbocycles. The number of carbonyl (C=O) groups is 3. The predicted molar refractivity (Wildman–Crippen MR) is 102 cm³/mol. The normalized spacial score (nSPS) is 20.2. The molecule has 2 heterocycles. The van der Waals surface area contributed by atoms with Gasteiger partial charge in [0.25, 0.3) is 5.91 Å². The van der Waals surface area contributed by atoms with E-state index < -0.39 is 18.0 Å². The van der Waals surface area contributed by atoms with Crippen LogP contribution in [0, 0.1) is 0 Å². The van der Waals surface area contributed by atoms with Crippen molar-refractivity contribution < 1.29 is 23.9 Å². The number of methoxy groups -OCH3 is 1. The van der Waals surface area contributed by atoms with Gasteiger partial charge >= 0.3 is 6.03 Å². The SMILES string of the molecule is COc1ccc(N2C(=O)N[C@H](CC(=O)NCCCN3CCOCC3)C2=O)cc1. The number of benzene rings is 1. The van der Waals surface area contributed by atoms with Crippen LogP contribution in [0.3, 0.4) is 0 Å². The van der Waals surface area contributed by atoms with Gasteiger partial charge in [-0.05, 0) is 37.2 Å². The Morgan fingerprint density at radius 1 is 1.25 bits per heavy atom. The number of ether oxygens (including phenoxy) is 2. The first-order chi connectivity index (χ1) is 13.6. The number of hydrogen-bond acceptors (Lipinski definition) is 6. The van der Waals surface area contributed by atoms with Crippen molar-refractivity contribution in [2.24, 2.45) is 0 Å². The van der Waals surface area contributed by atoms with E-state index >= 15 is 0 Å². The third-order valence-corrected chi connectivity index (χ3v) is 4.82. The van der Waals surface area contributed by atoms with Crippen molar-refractivity contribution in [3.05, 3.63) is 24.3 Å². The highest BCUT2D eigenvalue weighted by molar-refractivity contribution is 6.22. The molecule has 1 atom stereocenters. The lowest BCUT2D eigenvalue weighted by Gasteiger charge is -2.26. The number of urea groups is 1. The molecule has 0 bridgehead atoms. The van der Waals surface area contributed by atoms with Crippen LogP contribution in [0.1, 0.15) is 12.8 Å². The monoisotopic (exact) mass is 390 g/mol. The zero-order chi connectivity index (χ0) is 19.9. The number of rotatable bonds is 8. The average Bonchev–Trinajstić information content (AvgIpc) is 2.99. The number of morpholine rings is 1. The number of imide groups is 1. The molecule has 152 valence electrons. The van der Waals surface area contributed by atoms with Gasteiger partial charge in [-0.2, -0.15) is 0 Å². The molecule has 2 saturated heterocycles. The first-order valence-corrected chi connectivity index (χ1v) is 9.44. The molecule has 0 radical (unpaired) electrons. The minimum absolute atomic E-state index is 0.0746. The third kappa shape index (κ3) is 4.99. The fourth-order valence-electron chi connectivity index (χ4n) is 3.26. The van der Waals surface area contributed by atoms with Gasteiger partial charge in [-0.1, -0.05) is 0 Å². The maximum Gasteiger partial charge on any atom is 0.329 e. The van der Waals surface area contributed by atoms with E-state index in [2.05, 4.69) is 15.5 Å². The zero-order valence-corrected chi connectivity index (χ0v) is 16.0. The summed E-state index contributed by atoms with van der Waals surface area (Å²) in [6.45, 7) is 4.76. The zero-order valence-electron chi connectivity index (χ0n) is 16.0. The molecule has 2 aliphatic heterocycles. The van der Waals surface area contributed by atoms with Crippen molar-refractivity contribution in [3.8, 4) is 5.75 Å². The fraction of sp³-hybridized carbons (Fsp3) is 0.526. The van der Waals surface area contributed by atoms with Gasteiger partial charge in [0, 0.05) is 19.6 Å². The van der Waals surface area contributed by atoms with Crippen LogP contribution >= 0.6 is 0 Å². The Balaban J connectivity index is 1.44. The predicted octanol–water partition coefficient (Wildman–Crippen LogP) is 0.349. The third-order valence-electron chi connectivity index (χ3n) is 4.82. The highest BCUT2D eigenvalue weighted by atomic mass is 16.5. The molecule has 0 aliphatic carbocycles. The fourth-order valence-corrected chi connectivity index (χ4v) is 3.26. The van der Waals surface area contributed by atoms with Crippen LogP contribution in [-0.4, -0.2) is 75.3 Å². The summed E-state index contributed by atoms with van der Waals surface area (Å²) in [6.07, 6.45) is 0.753. The van der Waals surface area contributed by atoms with E-state index in [0.29, 0.717) is 18.0 Å². The lowest BCUT2D eigenvalue weighted by molar-refractivity contribution is -0.125. The van der Waals surface area contributed by atoms with E-state index in [1.54, 1.807) is 24.3 Å². The average molecular weight is 390 g/mol. The Morgan fingerprint density at radius 3 is 2.64 bits per heavy atom. The number of carbonyl (C=O) groups excluding carboxylic acids is 3. The maximum absolute atomic E-state index is 12.6. The second-order valence-electron chi connectivity index (χ2n) is 6.74. The van der Waals surface area contributed by atoms with Crippen molar-refractivity contribution >= 4 is 23.5 Å². The van der Waals surface area contributed by atoms with E-state index in [9.17, 15) is 14.4 Å². The van der Waals surface area contributed by atoms with Crippen molar-refractivity contribution in [1.82, 2.24) is 15.5 Å². The summed E-state index contributed by atoms with van der Waals surface area (Å²) in [5, 5.41) is 5.40. The second-order valence-corrected chi connectivity index (χ2v) is 6.74. The Bertz CT molecular complexity index is 703. The van der Waals surface area contributed by atoms with Crippen LogP contribution in [0.4, 0.5) is 10.5 Å². The minimum Gasteiger partial charge on any atom is -0.497 e. The van der Waals surface area contributed by atoms with Crippen LogP contribution in [0.25, 0.3) is 0 Å². The number of anilines is 1. The maximum atomic E-state index is 12.6. The van der Waals surface area contributed by atoms with Crippen LogP contribution in [-0.2, 0) is 14.3 Å². The summed E-state index contributed by atoms with van der Waals surface area (Å²) >= 11 is 0. The van der Waals surface area contributed by atoms with Gasteiger partial charge in [0.15, 0.2) is 0 Å². The van der Waals surface area contributed by atoms with E-state index in [1.807, 2.05) is 0 Å². The Hall–Kier alpha value is -2.65. The molecule has 9 heteroatoms. The van der Waals surface area contributed by atoms with Crippen LogP contribution in [0.2, 0.25) is 0 Å². The van der Waals surface area contributed by atoms with Crippen LogP contribution < -0.4 is 20.3 Å². The first kappa shape index (κ1) is 20.1. The summed E-state index contributed by atoms with van der Waals surface area (Å²) in [6, 6.07) is 5.22. The Morgan fingerprint density at radius 2 is 1.96 bits per heavy atom. The summed E-state index contributed by atoms with van der Waals surface area (Å²) in [7, 11) is 1.54. The van der Waals surface area contributed by atoms with Crippen molar-refractivity contribution in [2.75, 3.05) is 51.4 Å². The molecule has 28 heavy (non-hydrogen) atoms. The highest BCUT2D eigenvalue weighted by Crippen LogP contribution is 2.23. The lowest BCUT2D eigenvalue weighted by Crippen LogP contribution is -2.39. The molecular formula is C19H26N4O5. The minimum atomic E-state index is -0.853. The highest BCUT2D eigenvalue weighted by Gasteiger charge is 2.39. The number of hydrogen-bond donors (Lipinski definition) is 2. The summed E-state index contributed by atoms with van der Waals surface area (Å²) in [5.74, 6) is -0.0559. The smallest absolute Gasteiger partial charge is 0.329 e. The molecule has 2 aliphatic rings. The Kier molecular flexibility index (Phi) is 6.83. The molecule has 2 fully saturated rings. The molecule has 0 spiro atoms. The van der Waals surface area contributed by atoms with Gasteiger partial charge in [-0.25, -0.2) is 9.69 Å². The summed E-state index contributed by atoms with van der Waals surface area (Å²) < 4.78 is 10.4. The van der Waals surface area contributed by atoms with Gasteiger partial charge < -0.3 is 20.1 Å². The standard InChI is InChI=1S/C19H26N4O5/c1-27-15-5-3-14(4-6-15)23-18(25)16(21-19(23)26)13-17(24)20-7-2-8-22-9-11-28-12-10-22/h3-6,16H,2,7-13H2,1H3,(H,20,24)(H,21,26)/t16-/m1/s1. The number of nitrogens with zero attached hydrogens (tertiary/aromatic N) is 2. The Labute approximate surface area is 163 Å². The molecule has 2 N–H and O–H groups in total. The molecule has 9 nitrogen and oxygen atoms in total. The molecule has 3 rings (SSSR count). The number of nitrogens with one attached hydrogen (secondary N) is 2. The molecule has 1 aromatic rings. The molecule has 0 unspecified atom stereocenters. The topological polar surface area (TPSA) is 100 Å². The molecule has 0 saturated carbocycles. The lowest BCUT2D eigenvalue weighted by atomic mass is 10.2. The van der Waals surface area contributed by atoms with Gasteiger partial charge in [-0.15, -0.1) is 0 Å². The van der Waals surface area contributed by atoms with Crippen molar-refractivity contribution in [2.45, 2.75) is 18.9 Å². The molecule has 4 amide bonds. The summed E-state index contributed by atoms with van der Waals surface area (Å²) in [4.78, 5) is 40.2. The van der Waals surface area contributed by atoms with Gasteiger partial charge in [0.1, 0.15) is 11.8 Å². The van der Waals surface area contributed by atoms with E-state index in [4.69, 9.17) is 9.47 Å². The van der Waals surface area contributed by atoms with Crippen molar-refractivity contribution in [1.29, 1.82) is 0 Å². The number of amides is 4. The van der Waals surface area contributed by atoms with E-state index in [1.165, 1.54) is 7.11 Å². The largest absolute Gasteiger partial charge is 0.497 e. The first-order valence-electron chi connectivity index (χ1n) is 9.44. The second kappa shape index (κ2) is 9.52. The molecule has 0 aromatic heterocycles. The summed E-state index contributed by atoms with van der Waals surface area (Å²) in [5.41, 5.74) is 0.441. The van der Waals surface area contributed by atoms with Gasteiger partial charge in [0.05, 0.1) is 32.4 Å². The van der Waals surface area contributed by atoms with E-state index in [-0.39, 0.29) is 12.3 Å². The van der Waals surface area contributed by atoms with Crippen LogP contribution in [0.15, 0.2) is 24.3 Å². The van der Waals surface area contributed by atoms with E-state index in [0.717, 1.165) is 44.2 Å². The van der Waals surface area contributed by atoms with Gasteiger partial charge in [0.2, 0.25) is 5.91 Å².